The van der Waals surface area contributed by atoms with Crippen molar-refractivity contribution in [3.63, 3.8) is 0 Å². The smallest absolute Gasteiger partial charge is 0.250 e. The average molecular weight is 332 g/mol. The van der Waals surface area contributed by atoms with Crippen molar-refractivity contribution < 1.29 is 14.3 Å². The highest BCUT2D eigenvalue weighted by Crippen LogP contribution is 2.38. The SMILES string of the molecule is CO[C@@H]1C[C@H]2CN(c3ccc(C(N)=O)cn3)C[C@H]2C[C@H]1NC(C)=O. The maximum Gasteiger partial charge on any atom is 0.250 e. The van der Waals surface area contributed by atoms with Gasteiger partial charge in [-0.05, 0) is 36.8 Å². The first kappa shape index (κ1) is 16.7. The molecule has 3 N–H and O–H groups in total. The van der Waals surface area contributed by atoms with E-state index >= 15 is 0 Å². The molecule has 1 aromatic rings. The van der Waals surface area contributed by atoms with Crippen LogP contribution in [0.2, 0.25) is 0 Å². The van der Waals surface area contributed by atoms with Crippen molar-refractivity contribution >= 4 is 17.6 Å². The van der Waals surface area contributed by atoms with Gasteiger partial charge in [-0.3, -0.25) is 9.59 Å². The number of carbonyl (C=O) groups excluding carboxylic acids is 2. The number of ether oxygens (including phenoxy) is 1. The molecule has 1 aliphatic heterocycles. The number of primary amides is 1. The fourth-order valence-corrected chi connectivity index (χ4v) is 3.99. The molecule has 1 saturated carbocycles. The topological polar surface area (TPSA) is 97.6 Å². The van der Waals surface area contributed by atoms with E-state index < -0.39 is 5.91 Å². The van der Waals surface area contributed by atoms with Crippen molar-refractivity contribution in [1.82, 2.24) is 10.3 Å². The normalized spacial score (nSPS) is 29.2. The molecule has 130 valence electrons. The molecule has 2 aliphatic rings. The van der Waals surface area contributed by atoms with E-state index in [4.69, 9.17) is 10.5 Å². The second-order valence-corrected chi connectivity index (χ2v) is 6.75. The van der Waals surface area contributed by atoms with Crippen molar-refractivity contribution in [2.75, 3.05) is 25.1 Å². The molecule has 7 heteroatoms. The zero-order valence-corrected chi connectivity index (χ0v) is 14.1. The van der Waals surface area contributed by atoms with Gasteiger partial charge in [0.2, 0.25) is 11.8 Å². The van der Waals surface area contributed by atoms with Crippen LogP contribution in [0.5, 0.6) is 0 Å². The van der Waals surface area contributed by atoms with E-state index in [1.54, 1.807) is 20.1 Å². The number of carbonyl (C=O) groups is 2. The Hall–Kier alpha value is -2.15. The van der Waals surface area contributed by atoms with Gasteiger partial charge in [-0.25, -0.2) is 4.98 Å². The summed E-state index contributed by atoms with van der Waals surface area (Å²) < 4.78 is 5.60. The molecule has 7 nitrogen and oxygen atoms in total. The van der Waals surface area contributed by atoms with Crippen LogP contribution >= 0.6 is 0 Å². The van der Waals surface area contributed by atoms with Crippen molar-refractivity contribution in [3.8, 4) is 0 Å². The van der Waals surface area contributed by atoms with Crippen molar-refractivity contribution in [3.05, 3.63) is 23.9 Å². The number of amides is 2. The summed E-state index contributed by atoms with van der Waals surface area (Å²) >= 11 is 0. The number of nitrogens with two attached hydrogens (primary N) is 1. The van der Waals surface area contributed by atoms with Crippen LogP contribution in [0, 0.1) is 11.8 Å². The summed E-state index contributed by atoms with van der Waals surface area (Å²) in [4.78, 5) is 29.2. The van der Waals surface area contributed by atoms with Gasteiger partial charge in [0, 0.05) is 33.3 Å². The van der Waals surface area contributed by atoms with Gasteiger partial charge in [0.15, 0.2) is 0 Å². The Bertz CT molecular complexity index is 619. The van der Waals surface area contributed by atoms with Gasteiger partial charge in [0.1, 0.15) is 5.82 Å². The number of fused-ring (bicyclic) bond motifs is 1. The Morgan fingerprint density at radius 2 is 2.00 bits per heavy atom. The molecule has 24 heavy (non-hydrogen) atoms. The van der Waals surface area contributed by atoms with Gasteiger partial charge in [-0.1, -0.05) is 0 Å². The number of rotatable bonds is 4. The third-order valence-electron chi connectivity index (χ3n) is 5.16. The van der Waals surface area contributed by atoms with E-state index in [2.05, 4.69) is 15.2 Å². The highest BCUT2D eigenvalue weighted by molar-refractivity contribution is 5.92. The molecule has 2 heterocycles. The first-order valence-corrected chi connectivity index (χ1v) is 8.28. The van der Waals surface area contributed by atoms with Crippen LogP contribution in [0.3, 0.4) is 0 Å². The van der Waals surface area contributed by atoms with Crippen LogP contribution < -0.4 is 16.0 Å². The minimum atomic E-state index is -0.467. The van der Waals surface area contributed by atoms with Crippen molar-refractivity contribution in [2.24, 2.45) is 17.6 Å². The molecule has 2 fully saturated rings. The van der Waals surface area contributed by atoms with Gasteiger partial charge >= 0.3 is 0 Å². The molecule has 1 aromatic heterocycles. The van der Waals surface area contributed by atoms with Crippen LogP contribution in [0.25, 0.3) is 0 Å². The van der Waals surface area contributed by atoms with Crippen LogP contribution in [0.1, 0.15) is 30.1 Å². The number of nitrogens with one attached hydrogen (secondary N) is 1. The van der Waals surface area contributed by atoms with Crippen LogP contribution in [0.4, 0.5) is 5.82 Å². The van der Waals surface area contributed by atoms with E-state index in [0.717, 1.165) is 31.7 Å². The Balaban J connectivity index is 1.69. The number of pyridine rings is 1. The van der Waals surface area contributed by atoms with E-state index in [1.807, 2.05) is 6.07 Å². The largest absolute Gasteiger partial charge is 0.379 e. The molecule has 0 spiro atoms. The number of hydrogen-bond acceptors (Lipinski definition) is 5. The highest BCUT2D eigenvalue weighted by atomic mass is 16.5. The van der Waals surface area contributed by atoms with E-state index in [9.17, 15) is 9.59 Å². The third kappa shape index (κ3) is 3.36. The predicted octanol–water partition coefficient (Wildman–Crippen LogP) is 0.546. The van der Waals surface area contributed by atoms with Gasteiger partial charge in [-0.15, -0.1) is 0 Å². The first-order valence-electron chi connectivity index (χ1n) is 8.28. The number of hydrogen-bond donors (Lipinski definition) is 2. The maximum absolute atomic E-state index is 11.4. The maximum atomic E-state index is 11.4. The van der Waals surface area contributed by atoms with Gasteiger partial charge in [-0.2, -0.15) is 0 Å². The second kappa shape index (κ2) is 6.76. The zero-order valence-electron chi connectivity index (χ0n) is 14.1. The lowest BCUT2D eigenvalue weighted by molar-refractivity contribution is -0.121. The minimum absolute atomic E-state index is 0.0148. The molecular weight excluding hydrogens is 308 g/mol. The predicted molar refractivity (Wildman–Crippen MR) is 89.6 cm³/mol. The second-order valence-electron chi connectivity index (χ2n) is 6.75. The van der Waals surface area contributed by atoms with Crippen molar-refractivity contribution in [1.29, 1.82) is 0 Å². The molecule has 4 atom stereocenters. The fourth-order valence-electron chi connectivity index (χ4n) is 3.99. The standard InChI is InChI=1S/C17H24N4O3/c1-10(22)20-14-5-12-8-21(9-13(12)6-15(14)24-2)16-4-3-11(7-19-16)17(18)23/h3-4,7,12-15H,5-6,8-9H2,1-2H3,(H2,18,23)(H,20,22)/t12-,13+,14-,15-/m1/s1. The van der Waals surface area contributed by atoms with Gasteiger partial charge in [0.05, 0.1) is 17.7 Å². The molecular formula is C17H24N4O3. The highest BCUT2D eigenvalue weighted by Gasteiger charge is 2.43. The number of nitrogens with zero attached hydrogens (tertiary/aromatic N) is 2. The quantitative estimate of drug-likeness (QED) is 0.839. The number of methoxy groups -OCH3 is 1. The Morgan fingerprint density at radius 1 is 1.29 bits per heavy atom. The lowest BCUT2D eigenvalue weighted by atomic mass is 9.77. The van der Waals surface area contributed by atoms with Gasteiger partial charge in [0.25, 0.3) is 0 Å². The lowest BCUT2D eigenvalue weighted by Gasteiger charge is -2.37. The summed E-state index contributed by atoms with van der Waals surface area (Å²) in [5, 5.41) is 3.02. The number of aromatic nitrogens is 1. The van der Waals surface area contributed by atoms with Crippen LogP contribution in [-0.4, -0.2) is 49.1 Å². The van der Waals surface area contributed by atoms with E-state index in [0.29, 0.717) is 17.4 Å². The lowest BCUT2D eigenvalue weighted by Crippen LogP contribution is -2.49. The van der Waals surface area contributed by atoms with Crippen LogP contribution in [-0.2, 0) is 9.53 Å². The number of anilines is 1. The summed E-state index contributed by atoms with van der Waals surface area (Å²) in [5.74, 6) is 1.41. The monoisotopic (exact) mass is 332 g/mol. The Kier molecular flexibility index (Phi) is 4.71. The molecule has 3 rings (SSSR count). The van der Waals surface area contributed by atoms with E-state index in [-0.39, 0.29) is 18.1 Å². The zero-order chi connectivity index (χ0) is 17.3. The molecule has 0 unspecified atom stereocenters. The summed E-state index contributed by atoms with van der Waals surface area (Å²) in [6, 6.07) is 3.63. The fraction of sp³-hybridized carbons (Fsp3) is 0.588. The molecule has 1 saturated heterocycles. The summed E-state index contributed by atoms with van der Waals surface area (Å²) in [5.41, 5.74) is 5.67. The summed E-state index contributed by atoms with van der Waals surface area (Å²) in [7, 11) is 1.70. The molecule has 1 aliphatic carbocycles. The average Bonchev–Trinajstić information content (AvgIpc) is 2.96. The molecule has 0 aromatic carbocycles. The molecule has 0 bridgehead atoms. The summed E-state index contributed by atoms with van der Waals surface area (Å²) in [6.45, 7) is 3.37. The van der Waals surface area contributed by atoms with Crippen LogP contribution in [0.15, 0.2) is 18.3 Å². The van der Waals surface area contributed by atoms with Crippen molar-refractivity contribution in [2.45, 2.75) is 31.9 Å². The minimum Gasteiger partial charge on any atom is -0.379 e. The Labute approximate surface area is 141 Å². The summed E-state index contributed by atoms with van der Waals surface area (Å²) in [6.07, 6.45) is 3.43. The first-order chi connectivity index (χ1) is 11.5. The van der Waals surface area contributed by atoms with E-state index in [1.165, 1.54) is 6.20 Å². The third-order valence-corrected chi connectivity index (χ3v) is 5.16. The van der Waals surface area contributed by atoms with Gasteiger partial charge < -0.3 is 20.7 Å². The molecule has 2 amide bonds. The molecule has 0 radical (unpaired) electrons. The Morgan fingerprint density at radius 3 is 2.54 bits per heavy atom.